The highest BCUT2D eigenvalue weighted by atomic mass is 32.2. The minimum absolute atomic E-state index is 0.0514. The number of carbonyl (C=O) groups excluding carboxylic acids is 4. The molecule has 2 aromatic rings. The van der Waals surface area contributed by atoms with Gasteiger partial charge in [-0.3, -0.25) is 29.5 Å². The number of imide groups is 1. The van der Waals surface area contributed by atoms with E-state index >= 15 is 0 Å². The second-order valence-corrected chi connectivity index (χ2v) is 14.7. The topological polar surface area (TPSA) is 144 Å². The Morgan fingerprint density at radius 2 is 1.77 bits per heavy atom. The normalized spacial score (nSPS) is 27.3. The molecule has 12 nitrogen and oxygen atoms in total. The number of aliphatic hydroxyl groups excluding tert-OH is 1. The number of nitrogens with one attached hydrogen (secondary N) is 3. The van der Waals surface area contributed by atoms with Gasteiger partial charge in [0.05, 0.1) is 18.1 Å². The van der Waals surface area contributed by atoms with Crippen molar-refractivity contribution in [1.29, 1.82) is 0 Å². The van der Waals surface area contributed by atoms with Crippen LogP contribution in [0.5, 0.6) is 5.75 Å². The van der Waals surface area contributed by atoms with Gasteiger partial charge in [0.1, 0.15) is 18.6 Å². The third-order valence-electron chi connectivity index (χ3n) is 10.3. The lowest BCUT2D eigenvalue weighted by molar-refractivity contribution is -0.142. The second kappa shape index (κ2) is 14.5. The molecular weight excluding hydrogens is 632 g/mol. The minimum atomic E-state index is -0.928. The Labute approximate surface area is 284 Å². The maximum Gasteiger partial charge on any atom is 0.315 e. The van der Waals surface area contributed by atoms with Crippen LogP contribution in [0.2, 0.25) is 0 Å². The molecule has 5 unspecified atom stereocenters. The molecule has 256 valence electrons. The van der Waals surface area contributed by atoms with E-state index in [0.29, 0.717) is 37.0 Å². The molecule has 0 bridgehead atoms. The number of fused-ring (bicyclic) bond motifs is 2. The molecular formula is C35H44N6O6S. The summed E-state index contributed by atoms with van der Waals surface area (Å²) in [5.74, 6) is 1.25. The largest absolute Gasteiger partial charge is 0.489 e. The van der Waals surface area contributed by atoms with Crippen LogP contribution in [0.1, 0.15) is 67.0 Å². The summed E-state index contributed by atoms with van der Waals surface area (Å²) in [7, 11) is 0. The molecule has 4 fully saturated rings. The van der Waals surface area contributed by atoms with Crippen molar-refractivity contribution in [2.45, 2.75) is 87.8 Å². The summed E-state index contributed by atoms with van der Waals surface area (Å²) in [6.45, 7) is 4.79. The van der Waals surface area contributed by atoms with E-state index in [1.807, 2.05) is 34.9 Å². The average molecular weight is 677 g/mol. The van der Waals surface area contributed by atoms with Crippen LogP contribution < -0.4 is 20.7 Å². The summed E-state index contributed by atoms with van der Waals surface area (Å²) in [5.41, 5.74) is 3.83. The fourth-order valence-corrected chi connectivity index (χ4v) is 9.14. The Kier molecular flexibility index (Phi) is 9.90. The van der Waals surface area contributed by atoms with Crippen molar-refractivity contribution in [3.05, 3.63) is 64.7 Å². The number of hydrogen-bond donors (Lipinski definition) is 4. The van der Waals surface area contributed by atoms with Gasteiger partial charge in [-0.25, -0.2) is 4.79 Å². The summed E-state index contributed by atoms with van der Waals surface area (Å²) < 4.78 is 6.21. The van der Waals surface area contributed by atoms with E-state index in [2.05, 4.69) is 45.1 Å². The average Bonchev–Trinajstić information content (AvgIpc) is 3.75. The number of nitrogens with zero attached hydrogens (tertiary/aromatic N) is 3. The highest BCUT2D eigenvalue weighted by Crippen LogP contribution is 2.40. The Balaban J connectivity index is 0.825. The smallest absolute Gasteiger partial charge is 0.315 e. The van der Waals surface area contributed by atoms with Crippen molar-refractivity contribution >= 4 is 35.5 Å². The van der Waals surface area contributed by atoms with Crippen LogP contribution in [0.4, 0.5) is 4.79 Å². The number of piperidine rings is 1. The predicted molar refractivity (Wildman–Crippen MR) is 180 cm³/mol. The molecule has 4 saturated heterocycles. The first-order valence-electron chi connectivity index (χ1n) is 17.1. The molecule has 5 aliphatic heterocycles. The van der Waals surface area contributed by atoms with Gasteiger partial charge < -0.3 is 25.4 Å². The fraction of sp³-hybridized carbons (Fsp3) is 0.543. The minimum Gasteiger partial charge on any atom is -0.489 e. The number of aliphatic hydroxyl groups is 1. The molecule has 5 heterocycles. The molecule has 5 atom stereocenters. The molecule has 0 aliphatic carbocycles. The Hall–Kier alpha value is -3.65. The van der Waals surface area contributed by atoms with E-state index < -0.39 is 12.3 Å². The molecule has 5 aliphatic rings. The number of thioether (sulfide) groups is 1. The van der Waals surface area contributed by atoms with Crippen molar-refractivity contribution < 1.29 is 29.0 Å². The summed E-state index contributed by atoms with van der Waals surface area (Å²) in [6, 6.07) is 13.8. The molecule has 0 aromatic heterocycles. The lowest BCUT2D eigenvalue weighted by Gasteiger charge is -2.35. The van der Waals surface area contributed by atoms with E-state index in [4.69, 9.17) is 4.74 Å². The zero-order chi connectivity index (χ0) is 33.2. The number of unbranched alkanes of at least 4 members (excludes halogenated alkanes) is 1. The highest BCUT2D eigenvalue weighted by Gasteiger charge is 2.43. The number of hydrogen-bond acceptors (Lipinski definition) is 9. The maximum atomic E-state index is 12.9. The highest BCUT2D eigenvalue weighted by molar-refractivity contribution is 8.00. The number of benzene rings is 2. The van der Waals surface area contributed by atoms with Crippen molar-refractivity contribution in [2.75, 3.05) is 31.9 Å². The van der Waals surface area contributed by atoms with E-state index in [1.165, 1.54) is 5.56 Å². The van der Waals surface area contributed by atoms with Crippen molar-refractivity contribution in [2.24, 2.45) is 0 Å². The van der Waals surface area contributed by atoms with Gasteiger partial charge in [-0.1, -0.05) is 42.8 Å². The van der Waals surface area contributed by atoms with Gasteiger partial charge in [0.15, 0.2) is 0 Å². The van der Waals surface area contributed by atoms with Gasteiger partial charge in [0, 0.05) is 74.2 Å². The molecule has 2 aromatic carbocycles. The molecule has 0 spiro atoms. The van der Waals surface area contributed by atoms with E-state index in [9.17, 15) is 24.3 Å². The number of ether oxygens (including phenoxy) is 1. The summed E-state index contributed by atoms with van der Waals surface area (Å²) >= 11 is 1.92. The number of urea groups is 1. The van der Waals surface area contributed by atoms with Crippen LogP contribution >= 0.6 is 11.8 Å². The van der Waals surface area contributed by atoms with E-state index in [1.54, 1.807) is 4.90 Å². The monoisotopic (exact) mass is 676 g/mol. The first kappa shape index (κ1) is 32.9. The fourth-order valence-electron chi connectivity index (χ4n) is 7.59. The lowest BCUT2D eigenvalue weighted by Crippen LogP contribution is -2.51. The first-order valence-corrected chi connectivity index (χ1v) is 18.2. The summed E-state index contributed by atoms with van der Waals surface area (Å²) in [6.07, 6.45) is 3.23. The number of rotatable bonds is 11. The zero-order valence-electron chi connectivity index (χ0n) is 27.1. The van der Waals surface area contributed by atoms with Gasteiger partial charge in [-0.15, -0.1) is 0 Å². The van der Waals surface area contributed by atoms with E-state index in [-0.39, 0.29) is 42.3 Å². The van der Waals surface area contributed by atoms with Crippen molar-refractivity contribution in [3.8, 4) is 5.75 Å². The third kappa shape index (κ3) is 7.19. The van der Waals surface area contributed by atoms with Crippen LogP contribution in [0.3, 0.4) is 0 Å². The van der Waals surface area contributed by atoms with Crippen LogP contribution in [0, 0.1) is 0 Å². The molecule has 0 radical (unpaired) electrons. The quantitative estimate of drug-likeness (QED) is 0.160. The molecule has 4 N–H and O–H groups in total. The molecule has 0 saturated carbocycles. The molecule has 48 heavy (non-hydrogen) atoms. The molecule has 7 rings (SSSR count). The molecule has 13 heteroatoms. The van der Waals surface area contributed by atoms with Crippen LogP contribution in [0.25, 0.3) is 0 Å². The number of carbonyl (C=O) groups is 4. The standard InChI is InChI=1S/C35H44N6O6S/c42-30-13-12-27(33(44)37-30)41-19-25-24(34(41)45)4-3-5-28(25)47-20-23-10-8-22(9-11-23)18-39-14-16-40(17-15-39)31(43)7-2-1-6-29-32-26(21-48-29)36-35(46)38-32/h3-5,8-11,26-27,29,32,34,45H,1-2,6-7,12-21H2,(H2,36,38,46)(H,37,42,44). The summed E-state index contributed by atoms with van der Waals surface area (Å²) in [4.78, 5) is 54.6. The van der Waals surface area contributed by atoms with Crippen LogP contribution in [0.15, 0.2) is 42.5 Å². The van der Waals surface area contributed by atoms with Crippen molar-refractivity contribution in [3.63, 3.8) is 0 Å². The zero-order valence-corrected chi connectivity index (χ0v) is 27.9. The van der Waals surface area contributed by atoms with Gasteiger partial charge >= 0.3 is 6.03 Å². The van der Waals surface area contributed by atoms with Gasteiger partial charge in [-0.2, -0.15) is 11.8 Å². The first-order chi connectivity index (χ1) is 23.3. The van der Waals surface area contributed by atoms with Gasteiger partial charge in [0.25, 0.3) is 0 Å². The number of amides is 5. The van der Waals surface area contributed by atoms with Crippen LogP contribution in [-0.2, 0) is 34.1 Å². The molecule has 5 amide bonds. The van der Waals surface area contributed by atoms with E-state index in [0.717, 1.165) is 74.4 Å². The SMILES string of the molecule is O=C1CCC(N2Cc3c(OCc4ccc(CN5CCN(C(=O)CCCCC6SCC7NC(=O)NC76)CC5)cc4)cccc3C2O)C(=O)N1. The van der Waals surface area contributed by atoms with Gasteiger partial charge in [0.2, 0.25) is 17.7 Å². The van der Waals surface area contributed by atoms with Gasteiger partial charge in [-0.05, 0) is 36.5 Å². The third-order valence-corrected chi connectivity index (χ3v) is 11.8. The Bertz CT molecular complexity index is 1530. The second-order valence-electron chi connectivity index (χ2n) is 13.5. The lowest BCUT2D eigenvalue weighted by atomic mass is 10.0. The summed E-state index contributed by atoms with van der Waals surface area (Å²) in [5, 5.41) is 19.8. The Morgan fingerprint density at radius 1 is 0.979 bits per heavy atom. The number of piperazine rings is 1. The predicted octanol–water partition coefficient (Wildman–Crippen LogP) is 2.25. The maximum absolute atomic E-state index is 12.9. The van der Waals surface area contributed by atoms with Crippen molar-refractivity contribution in [1.82, 2.24) is 30.7 Å². The van der Waals surface area contributed by atoms with Crippen LogP contribution in [-0.4, -0.2) is 98.9 Å². The Morgan fingerprint density at radius 3 is 2.56 bits per heavy atom.